The summed E-state index contributed by atoms with van der Waals surface area (Å²) in [6.45, 7) is 8.70. The number of piperidine rings is 1. The maximum absolute atomic E-state index is 11.4. The monoisotopic (exact) mass is 290 g/mol. The first-order valence-corrected chi connectivity index (χ1v) is 7.37. The first-order valence-electron chi connectivity index (χ1n) is 7.37. The zero-order valence-corrected chi connectivity index (χ0v) is 13.0. The van der Waals surface area contributed by atoms with Crippen molar-refractivity contribution in [2.75, 3.05) is 11.4 Å². The van der Waals surface area contributed by atoms with Crippen molar-refractivity contribution in [3.63, 3.8) is 0 Å². The number of carbonyl (C=O) groups excluding carboxylic acids is 1. The normalized spacial score (nSPS) is 25.7. The lowest BCUT2D eigenvalue weighted by Gasteiger charge is -2.42. The van der Waals surface area contributed by atoms with Crippen LogP contribution in [0.1, 0.15) is 44.5 Å². The molecule has 5 heteroatoms. The maximum Gasteiger partial charge on any atom is 0.293 e. The Labute approximate surface area is 125 Å². The molecule has 2 rings (SSSR count). The second-order valence-corrected chi connectivity index (χ2v) is 6.23. The molecule has 1 saturated heterocycles. The molecule has 0 amide bonds. The van der Waals surface area contributed by atoms with Crippen LogP contribution in [0.3, 0.4) is 0 Å². The molecule has 1 aliphatic heterocycles. The zero-order chi connectivity index (χ0) is 15.7. The van der Waals surface area contributed by atoms with Gasteiger partial charge in [-0.3, -0.25) is 14.9 Å². The molecule has 5 nitrogen and oxygen atoms in total. The fourth-order valence-corrected chi connectivity index (χ4v) is 3.16. The molecular formula is C16H22N2O3. The van der Waals surface area contributed by atoms with Crippen molar-refractivity contribution in [3.8, 4) is 0 Å². The summed E-state index contributed by atoms with van der Waals surface area (Å²) in [6.07, 6.45) is 1.14. The van der Waals surface area contributed by atoms with Crippen molar-refractivity contribution in [1.82, 2.24) is 0 Å². The van der Waals surface area contributed by atoms with Gasteiger partial charge in [0, 0.05) is 24.2 Å². The zero-order valence-electron chi connectivity index (χ0n) is 13.0. The van der Waals surface area contributed by atoms with Crippen LogP contribution in [0.2, 0.25) is 0 Å². The highest BCUT2D eigenvalue weighted by molar-refractivity contribution is 5.95. The van der Waals surface area contributed by atoms with Crippen LogP contribution < -0.4 is 4.90 Å². The summed E-state index contributed by atoms with van der Waals surface area (Å²) < 4.78 is 0. The van der Waals surface area contributed by atoms with Gasteiger partial charge < -0.3 is 4.90 Å². The summed E-state index contributed by atoms with van der Waals surface area (Å²) in [5.74, 6) is 0.835. The fraction of sp³-hybridized carbons (Fsp3) is 0.562. The van der Waals surface area contributed by atoms with Gasteiger partial charge in [0.15, 0.2) is 5.78 Å². The Hall–Kier alpha value is -1.91. The Balaban J connectivity index is 2.47. The number of rotatable bonds is 3. The third kappa shape index (κ3) is 3.06. The van der Waals surface area contributed by atoms with Crippen LogP contribution in [0.25, 0.3) is 0 Å². The third-order valence-corrected chi connectivity index (χ3v) is 4.49. The van der Waals surface area contributed by atoms with Crippen molar-refractivity contribution >= 4 is 17.2 Å². The minimum atomic E-state index is -0.390. The molecule has 21 heavy (non-hydrogen) atoms. The van der Waals surface area contributed by atoms with E-state index in [9.17, 15) is 14.9 Å². The van der Waals surface area contributed by atoms with Crippen LogP contribution in [-0.4, -0.2) is 23.3 Å². The lowest BCUT2D eigenvalue weighted by molar-refractivity contribution is -0.384. The van der Waals surface area contributed by atoms with Gasteiger partial charge >= 0.3 is 0 Å². The molecule has 1 heterocycles. The predicted octanol–water partition coefficient (Wildman–Crippen LogP) is 3.67. The molecule has 1 aromatic carbocycles. The second kappa shape index (κ2) is 5.84. The van der Waals surface area contributed by atoms with Crippen molar-refractivity contribution in [1.29, 1.82) is 0 Å². The smallest absolute Gasteiger partial charge is 0.293 e. The van der Waals surface area contributed by atoms with Crippen LogP contribution in [0, 0.1) is 22.0 Å². The van der Waals surface area contributed by atoms with Crippen LogP contribution in [0.15, 0.2) is 18.2 Å². The number of nitrogens with zero attached hydrogens (tertiary/aromatic N) is 2. The summed E-state index contributed by atoms with van der Waals surface area (Å²) in [4.78, 5) is 24.5. The van der Waals surface area contributed by atoms with Crippen LogP contribution in [0.4, 0.5) is 11.4 Å². The van der Waals surface area contributed by atoms with Gasteiger partial charge in [-0.05, 0) is 44.2 Å². The van der Waals surface area contributed by atoms with Gasteiger partial charge in [0.25, 0.3) is 5.69 Å². The van der Waals surface area contributed by atoms with Gasteiger partial charge in [0.2, 0.25) is 0 Å². The van der Waals surface area contributed by atoms with E-state index in [1.165, 1.54) is 13.0 Å². The fourth-order valence-electron chi connectivity index (χ4n) is 3.16. The van der Waals surface area contributed by atoms with E-state index >= 15 is 0 Å². The number of nitro groups is 1. The molecule has 0 bridgehead atoms. The van der Waals surface area contributed by atoms with Crippen LogP contribution in [-0.2, 0) is 0 Å². The van der Waals surface area contributed by atoms with E-state index in [0.717, 1.165) is 13.0 Å². The van der Waals surface area contributed by atoms with Gasteiger partial charge in [-0.25, -0.2) is 0 Å². The number of nitro benzene ring substituents is 1. The molecule has 0 N–H and O–H groups in total. The van der Waals surface area contributed by atoms with E-state index in [0.29, 0.717) is 23.1 Å². The van der Waals surface area contributed by atoms with Crippen molar-refractivity contribution < 1.29 is 9.72 Å². The Morgan fingerprint density at radius 1 is 1.33 bits per heavy atom. The van der Waals surface area contributed by atoms with Gasteiger partial charge in [-0.2, -0.15) is 0 Å². The number of anilines is 1. The molecule has 1 aliphatic rings. The Morgan fingerprint density at radius 2 is 2.00 bits per heavy atom. The minimum Gasteiger partial charge on any atom is -0.363 e. The number of benzene rings is 1. The van der Waals surface area contributed by atoms with E-state index in [4.69, 9.17) is 0 Å². The molecule has 1 aromatic rings. The van der Waals surface area contributed by atoms with Crippen molar-refractivity contribution in [2.24, 2.45) is 11.8 Å². The van der Waals surface area contributed by atoms with Gasteiger partial charge in [0.1, 0.15) is 5.69 Å². The number of carbonyl (C=O) groups is 1. The first kappa shape index (κ1) is 15.5. The van der Waals surface area contributed by atoms with E-state index in [-0.39, 0.29) is 17.5 Å². The maximum atomic E-state index is 11.4. The van der Waals surface area contributed by atoms with E-state index < -0.39 is 4.92 Å². The van der Waals surface area contributed by atoms with E-state index in [1.54, 1.807) is 12.1 Å². The molecule has 0 radical (unpaired) electrons. The van der Waals surface area contributed by atoms with Gasteiger partial charge in [0.05, 0.1) is 4.92 Å². The van der Waals surface area contributed by atoms with Crippen molar-refractivity contribution in [3.05, 3.63) is 33.9 Å². The van der Waals surface area contributed by atoms with E-state index in [2.05, 4.69) is 25.7 Å². The lowest BCUT2D eigenvalue weighted by atomic mass is 9.85. The molecule has 0 saturated carbocycles. The Bertz CT molecular complexity index is 571. The Kier molecular flexibility index (Phi) is 4.30. The molecular weight excluding hydrogens is 268 g/mol. The van der Waals surface area contributed by atoms with Crippen LogP contribution in [0.5, 0.6) is 0 Å². The molecule has 114 valence electrons. The molecule has 3 atom stereocenters. The van der Waals surface area contributed by atoms with Crippen LogP contribution >= 0.6 is 0 Å². The largest absolute Gasteiger partial charge is 0.363 e. The summed E-state index contributed by atoms with van der Waals surface area (Å²) >= 11 is 0. The highest BCUT2D eigenvalue weighted by atomic mass is 16.6. The minimum absolute atomic E-state index is 0.0239. The molecule has 3 unspecified atom stereocenters. The summed E-state index contributed by atoms with van der Waals surface area (Å²) in [5, 5.41) is 11.4. The number of hydrogen-bond donors (Lipinski definition) is 0. The quantitative estimate of drug-likeness (QED) is 0.484. The number of ketones is 1. The number of Topliss-reactive ketones (excluding diaryl/α,β-unsaturated/α-hetero) is 1. The van der Waals surface area contributed by atoms with E-state index in [1.807, 2.05) is 0 Å². The average Bonchev–Trinajstić information content (AvgIpc) is 2.42. The van der Waals surface area contributed by atoms with Gasteiger partial charge in [-0.1, -0.05) is 13.8 Å². The number of hydrogen-bond acceptors (Lipinski definition) is 4. The summed E-state index contributed by atoms with van der Waals surface area (Å²) in [5.41, 5.74) is 1.03. The highest BCUT2D eigenvalue weighted by Crippen LogP contribution is 2.36. The summed E-state index contributed by atoms with van der Waals surface area (Å²) in [7, 11) is 0. The van der Waals surface area contributed by atoms with Gasteiger partial charge in [-0.15, -0.1) is 0 Å². The molecule has 1 fully saturated rings. The molecule has 0 aliphatic carbocycles. The second-order valence-electron chi connectivity index (χ2n) is 6.23. The van der Waals surface area contributed by atoms with Crippen molar-refractivity contribution in [2.45, 2.75) is 40.2 Å². The molecule has 0 aromatic heterocycles. The highest BCUT2D eigenvalue weighted by Gasteiger charge is 2.32. The summed E-state index contributed by atoms with van der Waals surface area (Å²) in [6, 6.07) is 5.05. The standard InChI is InChI=1S/C16H22N2O3/c1-10-7-11(2)12(3)17(9-10)15-6-5-14(13(4)19)8-16(15)18(20)21/h5-6,8,10-12H,7,9H2,1-4H3. The third-order valence-electron chi connectivity index (χ3n) is 4.49. The average molecular weight is 290 g/mol. The topological polar surface area (TPSA) is 63.5 Å². The SMILES string of the molecule is CC(=O)c1ccc(N2CC(C)CC(C)C2C)c([N+](=O)[O-])c1. The predicted molar refractivity (Wildman–Crippen MR) is 82.9 cm³/mol. The Morgan fingerprint density at radius 3 is 2.57 bits per heavy atom. The molecule has 0 spiro atoms. The lowest BCUT2D eigenvalue weighted by Crippen LogP contribution is -2.46. The first-order chi connectivity index (χ1) is 9.81.